The molecule has 0 aliphatic carbocycles. The highest BCUT2D eigenvalue weighted by Crippen LogP contribution is 2.26. The molecule has 98 valence electrons. The van der Waals surface area contributed by atoms with Gasteiger partial charge < -0.3 is 10.5 Å². The number of ether oxygens (including phenoxy) is 1. The maximum Gasteiger partial charge on any atom is 0.405 e. The van der Waals surface area contributed by atoms with Gasteiger partial charge in [-0.3, -0.25) is 0 Å². The summed E-state index contributed by atoms with van der Waals surface area (Å²) in [5, 5.41) is 0. The second-order valence-electron chi connectivity index (χ2n) is 3.90. The third-order valence-electron chi connectivity index (χ3n) is 2.58. The summed E-state index contributed by atoms with van der Waals surface area (Å²) >= 11 is 0. The van der Waals surface area contributed by atoms with Crippen molar-refractivity contribution in [3.63, 3.8) is 0 Å². The van der Waals surface area contributed by atoms with E-state index in [0.717, 1.165) is 12.1 Å². The van der Waals surface area contributed by atoms with Gasteiger partial charge in [0.15, 0.2) is 17.7 Å². The van der Waals surface area contributed by atoms with Gasteiger partial charge in [-0.15, -0.1) is 0 Å². The fraction of sp³-hybridized carbons (Fsp3) is 0.0714. The number of carbonyl (C=O) groups is 1. The van der Waals surface area contributed by atoms with Crippen LogP contribution in [0, 0.1) is 11.6 Å². The average Bonchev–Trinajstić information content (AvgIpc) is 2.40. The molecule has 0 aromatic heterocycles. The van der Waals surface area contributed by atoms with E-state index in [-0.39, 0.29) is 0 Å². The Morgan fingerprint density at radius 2 is 1.68 bits per heavy atom. The van der Waals surface area contributed by atoms with E-state index in [0.29, 0.717) is 11.1 Å². The fourth-order valence-electron chi connectivity index (χ4n) is 1.75. The second kappa shape index (κ2) is 5.48. The molecule has 2 rings (SSSR count). The van der Waals surface area contributed by atoms with Crippen molar-refractivity contribution in [2.24, 2.45) is 5.73 Å². The Morgan fingerprint density at radius 1 is 1.00 bits per heavy atom. The largest absolute Gasteiger partial charge is 0.437 e. The summed E-state index contributed by atoms with van der Waals surface area (Å²) in [6.45, 7) is 0. The van der Waals surface area contributed by atoms with Gasteiger partial charge in [-0.2, -0.15) is 0 Å². The van der Waals surface area contributed by atoms with Crippen molar-refractivity contribution in [2.45, 2.75) is 6.10 Å². The van der Waals surface area contributed by atoms with E-state index in [4.69, 9.17) is 10.5 Å². The van der Waals surface area contributed by atoms with E-state index >= 15 is 0 Å². The summed E-state index contributed by atoms with van der Waals surface area (Å²) in [4.78, 5) is 10.9. The second-order valence-corrected chi connectivity index (χ2v) is 3.90. The summed E-state index contributed by atoms with van der Waals surface area (Å²) in [7, 11) is 0. The topological polar surface area (TPSA) is 52.3 Å². The monoisotopic (exact) mass is 263 g/mol. The van der Waals surface area contributed by atoms with Crippen LogP contribution in [0.25, 0.3) is 0 Å². The number of hydrogen-bond donors (Lipinski definition) is 1. The lowest BCUT2D eigenvalue weighted by Gasteiger charge is -2.17. The van der Waals surface area contributed by atoms with Gasteiger partial charge in [0.2, 0.25) is 0 Å². The minimum Gasteiger partial charge on any atom is -0.437 e. The van der Waals surface area contributed by atoms with Crippen LogP contribution >= 0.6 is 0 Å². The van der Waals surface area contributed by atoms with Crippen molar-refractivity contribution in [3.05, 3.63) is 71.3 Å². The Hall–Kier alpha value is -2.43. The predicted octanol–water partition coefficient (Wildman–Crippen LogP) is 3.15. The predicted molar refractivity (Wildman–Crippen MR) is 65.3 cm³/mol. The molecule has 0 fully saturated rings. The van der Waals surface area contributed by atoms with Crippen LogP contribution in [0.5, 0.6) is 0 Å². The van der Waals surface area contributed by atoms with Crippen molar-refractivity contribution in [1.29, 1.82) is 0 Å². The van der Waals surface area contributed by atoms with Crippen LogP contribution < -0.4 is 5.73 Å². The summed E-state index contributed by atoms with van der Waals surface area (Å²) in [5.41, 5.74) is 5.93. The molecule has 0 bridgehead atoms. The smallest absolute Gasteiger partial charge is 0.405 e. The summed E-state index contributed by atoms with van der Waals surface area (Å²) in [5.74, 6) is -1.97. The third kappa shape index (κ3) is 3.07. The van der Waals surface area contributed by atoms with Crippen LogP contribution in [0.4, 0.5) is 13.6 Å². The molecule has 0 saturated heterocycles. The van der Waals surface area contributed by atoms with Gasteiger partial charge in [-0.1, -0.05) is 36.4 Å². The quantitative estimate of drug-likeness (QED) is 0.924. The molecule has 0 saturated carbocycles. The van der Waals surface area contributed by atoms with Crippen LogP contribution in [0.15, 0.2) is 48.5 Å². The molecule has 0 aliphatic heterocycles. The van der Waals surface area contributed by atoms with E-state index in [1.165, 1.54) is 6.07 Å². The molecule has 1 atom stereocenters. The highest BCUT2D eigenvalue weighted by atomic mass is 19.2. The first kappa shape index (κ1) is 13.0. The molecule has 1 amide bonds. The fourth-order valence-corrected chi connectivity index (χ4v) is 1.75. The molecule has 0 heterocycles. The first-order chi connectivity index (χ1) is 9.08. The van der Waals surface area contributed by atoms with Crippen molar-refractivity contribution >= 4 is 6.09 Å². The summed E-state index contributed by atoms with van der Waals surface area (Å²) < 4.78 is 31.1. The lowest BCUT2D eigenvalue weighted by molar-refractivity contribution is 0.126. The molecule has 2 aromatic rings. The molecule has 5 heteroatoms. The Morgan fingerprint density at radius 3 is 2.26 bits per heavy atom. The Kier molecular flexibility index (Phi) is 3.75. The van der Waals surface area contributed by atoms with Crippen molar-refractivity contribution in [3.8, 4) is 0 Å². The van der Waals surface area contributed by atoms with E-state index in [2.05, 4.69) is 0 Å². The number of nitrogens with two attached hydrogens (primary N) is 1. The van der Waals surface area contributed by atoms with Crippen molar-refractivity contribution < 1.29 is 18.3 Å². The number of benzene rings is 2. The standard InChI is InChI=1S/C14H11F2NO2/c15-11-7-6-10(8-12(11)16)13(19-14(17)18)9-4-2-1-3-5-9/h1-8,13H,(H2,17,18). The molecule has 2 N–H and O–H groups in total. The number of amides is 1. The molecule has 19 heavy (non-hydrogen) atoms. The van der Waals surface area contributed by atoms with Crippen LogP contribution in [0.2, 0.25) is 0 Å². The summed E-state index contributed by atoms with van der Waals surface area (Å²) in [6.07, 6.45) is -1.85. The number of hydrogen-bond acceptors (Lipinski definition) is 2. The van der Waals surface area contributed by atoms with Crippen molar-refractivity contribution in [1.82, 2.24) is 0 Å². The lowest BCUT2D eigenvalue weighted by atomic mass is 10.0. The lowest BCUT2D eigenvalue weighted by Crippen LogP contribution is -2.18. The average molecular weight is 263 g/mol. The van der Waals surface area contributed by atoms with Gasteiger partial charge in [0.25, 0.3) is 0 Å². The highest BCUT2D eigenvalue weighted by Gasteiger charge is 2.19. The van der Waals surface area contributed by atoms with Crippen LogP contribution in [0.1, 0.15) is 17.2 Å². The number of primary amides is 1. The maximum absolute atomic E-state index is 13.2. The molecule has 0 spiro atoms. The van der Waals surface area contributed by atoms with Crippen LogP contribution in [0.3, 0.4) is 0 Å². The first-order valence-corrected chi connectivity index (χ1v) is 5.54. The Labute approximate surface area is 108 Å². The zero-order valence-corrected chi connectivity index (χ0v) is 9.85. The summed E-state index contributed by atoms with van der Waals surface area (Å²) in [6, 6.07) is 12.0. The number of carbonyl (C=O) groups excluding carboxylic acids is 1. The van der Waals surface area contributed by atoms with Crippen molar-refractivity contribution in [2.75, 3.05) is 0 Å². The van der Waals surface area contributed by atoms with E-state index in [9.17, 15) is 13.6 Å². The number of rotatable bonds is 3. The zero-order chi connectivity index (χ0) is 13.8. The normalized spacial score (nSPS) is 11.9. The Balaban J connectivity index is 2.42. The van der Waals surface area contributed by atoms with Gasteiger partial charge in [0.05, 0.1) is 0 Å². The molecule has 2 aromatic carbocycles. The first-order valence-electron chi connectivity index (χ1n) is 5.54. The minimum atomic E-state index is -1.01. The third-order valence-corrected chi connectivity index (χ3v) is 2.58. The SMILES string of the molecule is NC(=O)OC(c1ccccc1)c1ccc(F)c(F)c1. The zero-order valence-electron chi connectivity index (χ0n) is 9.85. The molecule has 3 nitrogen and oxygen atoms in total. The van der Waals surface area contributed by atoms with Crippen LogP contribution in [-0.2, 0) is 4.74 Å². The van der Waals surface area contributed by atoms with E-state index < -0.39 is 23.8 Å². The van der Waals surface area contributed by atoms with Gasteiger partial charge in [-0.25, -0.2) is 13.6 Å². The maximum atomic E-state index is 13.2. The molecule has 1 unspecified atom stereocenters. The van der Waals surface area contributed by atoms with Gasteiger partial charge >= 0.3 is 6.09 Å². The van der Waals surface area contributed by atoms with E-state index in [1.807, 2.05) is 0 Å². The molecular weight excluding hydrogens is 252 g/mol. The van der Waals surface area contributed by atoms with Gasteiger partial charge in [0, 0.05) is 5.56 Å². The van der Waals surface area contributed by atoms with E-state index in [1.54, 1.807) is 30.3 Å². The molecule has 0 radical (unpaired) electrons. The van der Waals surface area contributed by atoms with Gasteiger partial charge in [0.1, 0.15) is 0 Å². The highest BCUT2D eigenvalue weighted by molar-refractivity contribution is 5.65. The number of halogens is 2. The minimum absolute atomic E-state index is 0.309. The van der Waals surface area contributed by atoms with Gasteiger partial charge in [-0.05, 0) is 17.7 Å². The Bertz CT molecular complexity index is 587. The molecular formula is C14H11F2NO2. The van der Waals surface area contributed by atoms with Crippen LogP contribution in [-0.4, -0.2) is 6.09 Å². The molecule has 0 aliphatic rings.